The van der Waals surface area contributed by atoms with Crippen LogP contribution in [0.1, 0.15) is 90.0 Å². The molecule has 5 amide bonds. The smallest absolute Gasteiger partial charge is 0.262 e. The second kappa shape index (κ2) is 16.2. The molecule has 4 saturated heterocycles. The minimum absolute atomic E-state index is 0.00891. The van der Waals surface area contributed by atoms with Gasteiger partial charge in [-0.25, -0.2) is 0 Å². The minimum atomic E-state index is -0.972. The Labute approximate surface area is 356 Å². The van der Waals surface area contributed by atoms with E-state index >= 15 is 0 Å². The molecule has 0 aromatic heterocycles. The molecule has 0 aliphatic carbocycles. The van der Waals surface area contributed by atoms with Gasteiger partial charge in [0.2, 0.25) is 11.8 Å². The molecule has 1 N–H and O–H groups in total. The van der Waals surface area contributed by atoms with E-state index in [0.29, 0.717) is 52.0 Å². The van der Waals surface area contributed by atoms with E-state index in [1.807, 2.05) is 23.1 Å². The highest BCUT2D eigenvalue weighted by atomic mass is 35.5. The third-order valence-corrected chi connectivity index (χ3v) is 13.3. The van der Waals surface area contributed by atoms with Crippen molar-refractivity contribution in [3.63, 3.8) is 0 Å². The van der Waals surface area contributed by atoms with Crippen molar-refractivity contribution in [2.75, 3.05) is 68.7 Å². The van der Waals surface area contributed by atoms with Gasteiger partial charge in [-0.2, -0.15) is 5.26 Å². The number of benzene rings is 3. The van der Waals surface area contributed by atoms with Crippen LogP contribution in [0.2, 0.25) is 5.02 Å². The standard InChI is InChI=1S/C46H52ClN7O6/c1-45(2)27-53(28-46(3,4)44(45)60-34-11-7-31(25-48)37(47)24-34)41(57)30-5-8-32(9-6-30)52-21-19-50(20-22-52)26-29-15-17-51(18-16-29)33-10-12-35-36(23-33)43(59)54(42(35)58)38-13-14-39(55)49-40(38)56/h5-12,23-24,29,38,44H,13-22,26-28H2,1-4H3,(H,49,55,56). The van der Waals surface area contributed by atoms with Crippen molar-refractivity contribution in [1.29, 1.82) is 5.26 Å². The number of hydrogen-bond donors (Lipinski definition) is 1. The van der Waals surface area contributed by atoms with Crippen molar-refractivity contribution >= 4 is 52.5 Å². The van der Waals surface area contributed by atoms with Crippen LogP contribution < -0.4 is 19.9 Å². The Morgan fingerprint density at radius 2 is 1.43 bits per heavy atom. The highest BCUT2D eigenvalue weighted by Crippen LogP contribution is 2.44. The Morgan fingerprint density at radius 3 is 2.07 bits per heavy atom. The van der Waals surface area contributed by atoms with Crippen molar-refractivity contribution < 1.29 is 28.7 Å². The predicted octanol–water partition coefficient (Wildman–Crippen LogP) is 5.61. The topological polar surface area (TPSA) is 147 Å². The van der Waals surface area contributed by atoms with Crippen molar-refractivity contribution in [2.45, 2.75) is 65.5 Å². The highest BCUT2D eigenvalue weighted by Gasteiger charge is 2.50. The molecule has 0 radical (unpaired) electrons. The lowest BCUT2D eigenvalue weighted by Gasteiger charge is -2.52. The number of hydrogen-bond acceptors (Lipinski definition) is 10. The number of halogens is 1. The first-order valence-corrected chi connectivity index (χ1v) is 21.3. The van der Waals surface area contributed by atoms with E-state index in [-0.39, 0.29) is 35.7 Å². The molecule has 0 spiro atoms. The first-order chi connectivity index (χ1) is 28.6. The number of nitriles is 1. The van der Waals surface area contributed by atoms with Gasteiger partial charge in [-0.3, -0.25) is 39.1 Å². The number of carbonyl (C=O) groups excluding carboxylic acids is 5. The summed E-state index contributed by atoms with van der Waals surface area (Å²) in [5, 5.41) is 11.9. The molecule has 60 heavy (non-hydrogen) atoms. The Morgan fingerprint density at radius 1 is 0.800 bits per heavy atom. The molecular formula is C46H52ClN7O6. The quantitative estimate of drug-likeness (QED) is 0.285. The summed E-state index contributed by atoms with van der Waals surface area (Å²) in [5.74, 6) is -0.791. The van der Waals surface area contributed by atoms with Gasteiger partial charge in [0.1, 0.15) is 24.0 Å². The maximum absolute atomic E-state index is 13.9. The molecule has 8 rings (SSSR count). The van der Waals surface area contributed by atoms with Crippen LogP contribution in [0.4, 0.5) is 11.4 Å². The Kier molecular flexibility index (Phi) is 11.1. The fourth-order valence-corrected chi connectivity index (χ4v) is 10.3. The first-order valence-electron chi connectivity index (χ1n) is 21.0. The third kappa shape index (κ3) is 8.07. The molecule has 0 bridgehead atoms. The molecule has 5 aliphatic heterocycles. The number of anilines is 2. The van der Waals surface area contributed by atoms with E-state index in [1.54, 1.807) is 30.3 Å². The van der Waals surface area contributed by atoms with E-state index in [1.165, 1.54) is 0 Å². The van der Waals surface area contributed by atoms with Crippen LogP contribution in [-0.2, 0) is 9.59 Å². The van der Waals surface area contributed by atoms with Crippen LogP contribution in [-0.4, -0.2) is 115 Å². The molecular weight excluding hydrogens is 782 g/mol. The molecule has 5 aliphatic rings. The number of ether oxygens (including phenoxy) is 1. The lowest BCUT2D eigenvalue weighted by Crippen LogP contribution is -2.61. The van der Waals surface area contributed by atoms with E-state index in [9.17, 15) is 29.2 Å². The summed E-state index contributed by atoms with van der Waals surface area (Å²) in [6, 6.07) is 19.6. The number of amides is 5. The number of imide groups is 2. The average molecular weight is 834 g/mol. The summed E-state index contributed by atoms with van der Waals surface area (Å²) in [5.41, 5.74) is 2.99. The zero-order valence-corrected chi connectivity index (χ0v) is 35.5. The van der Waals surface area contributed by atoms with Gasteiger partial charge < -0.3 is 19.4 Å². The zero-order valence-electron chi connectivity index (χ0n) is 34.7. The molecule has 14 heteroatoms. The number of piperidine rings is 3. The summed E-state index contributed by atoms with van der Waals surface area (Å²) < 4.78 is 6.52. The maximum Gasteiger partial charge on any atom is 0.262 e. The van der Waals surface area contributed by atoms with Crippen LogP contribution in [0.5, 0.6) is 5.75 Å². The van der Waals surface area contributed by atoms with Crippen molar-refractivity contribution in [3.8, 4) is 11.8 Å². The first kappa shape index (κ1) is 41.3. The second-order valence-corrected chi connectivity index (χ2v) is 18.7. The fourth-order valence-electron chi connectivity index (χ4n) is 10.1. The van der Waals surface area contributed by atoms with Crippen LogP contribution in [0.15, 0.2) is 60.7 Å². The van der Waals surface area contributed by atoms with Crippen LogP contribution >= 0.6 is 11.6 Å². The largest absolute Gasteiger partial charge is 0.489 e. The van der Waals surface area contributed by atoms with E-state index < -0.39 is 29.7 Å². The lowest BCUT2D eigenvalue weighted by atomic mass is 9.68. The summed E-state index contributed by atoms with van der Waals surface area (Å²) in [7, 11) is 0. The second-order valence-electron chi connectivity index (χ2n) is 18.3. The summed E-state index contributed by atoms with van der Waals surface area (Å²) in [6.07, 6.45) is 2.08. The summed E-state index contributed by atoms with van der Waals surface area (Å²) in [4.78, 5) is 74.6. The van der Waals surface area contributed by atoms with Gasteiger partial charge >= 0.3 is 0 Å². The van der Waals surface area contributed by atoms with Crippen LogP contribution in [0, 0.1) is 28.1 Å². The van der Waals surface area contributed by atoms with Gasteiger partial charge in [-0.1, -0.05) is 39.3 Å². The molecule has 5 heterocycles. The minimum Gasteiger partial charge on any atom is -0.489 e. The molecule has 1 atom stereocenters. The molecule has 3 aromatic carbocycles. The Hall–Kier alpha value is -5.45. The number of piperazine rings is 1. The van der Waals surface area contributed by atoms with Crippen LogP contribution in [0.25, 0.3) is 0 Å². The molecule has 1 unspecified atom stereocenters. The summed E-state index contributed by atoms with van der Waals surface area (Å²) in [6.45, 7) is 16.0. The molecule has 4 fully saturated rings. The third-order valence-electron chi connectivity index (χ3n) is 13.0. The SMILES string of the molecule is CC1(C)CN(C(=O)c2ccc(N3CCN(CC4CCN(c5ccc6c(c5)C(=O)N(C5CCC(=O)NC5=O)C6=O)CC4)CC3)cc2)CC(C)(C)C1Oc1ccc(C#N)c(Cl)c1. The highest BCUT2D eigenvalue weighted by molar-refractivity contribution is 6.31. The number of carbonyl (C=O) groups is 5. The van der Waals surface area contributed by atoms with Gasteiger partial charge in [0.05, 0.1) is 21.7 Å². The summed E-state index contributed by atoms with van der Waals surface area (Å²) >= 11 is 6.30. The Balaban J connectivity index is 0.802. The van der Waals surface area contributed by atoms with Gasteiger partial charge in [0, 0.05) is 99.2 Å². The van der Waals surface area contributed by atoms with Crippen molar-refractivity contribution in [3.05, 3.63) is 87.9 Å². The number of nitrogens with zero attached hydrogens (tertiary/aromatic N) is 6. The lowest BCUT2D eigenvalue weighted by molar-refractivity contribution is -0.136. The fraction of sp³-hybridized carbons (Fsp3) is 0.478. The monoisotopic (exact) mass is 833 g/mol. The van der Waals surface area contributed by atoms with Crippen LogP contribution in [0.3, 0.4) is 0 Å². The van der Waals surface area contributed by atoms with E-state index in [4.69, 9.17) is 16.3 Å². The van der Waals surface area contributed by atoms with Gasteiger partial charge in [0.25, 0.3) is 17.7 Å². The van der Waals surface area contributed by atoms with E-state index in [0.717, 1.165) is 74.9 Å². The predicted molar refractivity (Wildman–Crippen MR) is 227 cm³/mol. The normalized spacial score (nSPS) is 22.4. The van der Waals surface area contributed by atoms with Gasteiger partial charge in [0.15, 0.2) is 0 Å². The van der Waals surface area contributed by atoms with E-state index in [2.05, 4.69) is 65.9 Å². The average Bonchev–Trinajstić information content (AvgIpc) is 3.47. The molecule has 314 valence electrons. The Bertz CT molecular complexity index is 2240. The zero-order chi connectivity index (χ0) is 42.5. The molecule has 0 saturated carbocycles. The number of fused-ring (bicyclic) bond motifs is 1. The number of rotatable bonds is 8. The van der Waals surface area contributed by atoms with Gasteiger partial charge in [-0.15, -0.1) is 0 Å². The number of likely N-dealkylation sites (tertiary alicyclic amines) is 1. The molecule has 3 aromatic rings. The van der Waals surface area contributed by atoms with Gasteiger partial charge in [-0.05, 0) is 79.8 Å². The van der Waals surface area contributed by atoms with Crippen molar-refractivity contribution in [1.82, 2.24) is 20.0 Å². The van der Waals surface area contributed by atoms with Crippen molar-refractivity contribution in [2.24, 2.45) is 16.7 Å². The molecule has 13 nitrogen and oxygen atoms in total. The maximum atomic E-state index is 13.9. The number of nitrogens with one attached hydrogen (secondary N) is 1.